The molecule has 2 rings (SSSR count). The van der Waals surface area contributed by atoms with Gasteiger partial charge in [-0.3, -0.25) is 9.59 Å². The van der Waals surface area contributed by atoms with Gasteiger partial charge >= 0.3 is 0 Å². The molecule has 1 aromatic rings. The number of carbonyl (C=O) groups is 2. The van der Waals surface area contributed by atoms with Crippen molar-refractivity contribution in [1.82, 2.24) is 10.6 Å². The molecule has 0 spiro atoms. The molecule has 7 heteroatoms. The third-order valence-electron chi connectivity index (χ3n) is 3.09. The number of nitrogens with one attached hydrogen (secondary N) is 2. The van der Waals surface area contributed by atoms with E-state index in [-0.39, 0.29) is 18.4 Å². The van der Waals surface area contributed by atoms with Crippen molar-refractivity contribution in [3.63, 3.8) is 0 Å². The molecule has 0 aromatic heterocycles. The first-order chi connectivity index (χ1) is 10.5. The number of carbonyl (C=O) groups excluding carboxylic acids is 2. The highest BCUT2D eigenvalue weighted by Gasteiger charge is 2.23. The van der Waals surface area contributed by atoms with Crippen LogP contribution in [0.3, 0.4) is 0 Å². The zero-order valence-corrected chi connectivity index (χ0v) is 13.5. The van der Waals surface area contributed by atoms with Gasteiger partial charge in [0.15, 0.2) is 0 Å². The lowest BCUT2D eigenvalue weighted by molar-refractivity contribution is -0.126. The zero-order valence-electron chi connectivity index (χ0n) is 12.0. The van der Waals surface area contributed by atoms with Gasteiger partial charge in [0.25, 0.3) is 0 Å². The zero-order chi connectivity index (χ0) is 15.9. The van der Waals surface area contributed by atoms with E-state index in [0.29, 0.717) is 41.3 Å². The van der Waals surface area contributed by atoms with Crippen LogP contribution in [0.1, 0.15) is 25.7 Å². The van der Waals surface area contributed by atoms with Crippen molar-refractivity contribution in [2.75, 3.05) is 13.2 Å². The molecule has 120 valence electrons. The van der Waals surface area contributed by atoms with Gasteiger partial charge in [0.05, 0.1) is 18.2 Å². The van der Waals surface area contributed by atoms with Gasteiger partial charge in [0.2, 0.25) is 11.8 Å². The maximum Gasteiger partial charge on any atom is 0.239 e. The van der Waals surface area contributed by atoms with Crippen LogP contribution in [0.25, 0.3) is 0 Å². The highest BCUT2D eigenvalue weighted by Crippen LogP contribution is 2.27. The topological polar surface area (TPSA) is 67.4 Å². The van der Waals surface area contributed by atoms with Crippen LogP contribution in [0.2, 0.25) is 10.0 Å². The summed E-state index contributed by atoms with van der Waals surface area (Å²) in [6, 6.07) is 5.28. The summed E-state index contributed by atoms with van der Waals surface area (Å²) in [4.78, 5) is 23.0. The first kappa shape index (κ1) is 16.9. The van der Waals surface area contributed by atoms with Crippen molar-refractivity contribution in [2.24, 2.45) is 0 Å². The van der Waals surface area contributed by atoms with Crippen LogP contribution in [0.5, 0.6) is 5.75 Å². The molecule has 2 N–H and O–H groups in total. The molecule has 0 heterocycles. The quantitative estimate of drug-likeness (QED) is 0.712. The van der Waals surface area contributed by atoms with Crippen LogP contribution in [0, 0.1) is 0 Å². The molecular formula is C15H18Cl2N2O3. The van der Waals surface area contributed by atoms with Crippen molar-refractivity contribution in [3.8, 4) is 5.75 Å². The Morgan fingerprint density at radius 3 is 2.68 bits per heavy atom. The van der Waals surface area contributed by atoms with E-state index in [9.17, 15) is 9.59 Å². The van der Waals surface area contributed by atoms with Crippen LogP contribution in [-0.4, -0.2) is 31.0 Å². The lowest BCUT2D eigenvalue weighted by atomic mass is 10.3. The van der Waals surface area contributed by atoms with E-state index >= 15 is 0 Å². The van der Waals surface area contributed by atoms with Crippen molar-refractivity contribution < 1.29 is 14.3 Å². The smallest absolute Gasteiger partial charge is 0.239 e. The number of rotatable bonds is 8. The minimum Gasteiger partial charge on any atom is -0.492 e. The van der Waals surface area contributed by atoms with Crippen molar-refractivity contribution in [1.29, 1.82) is 0 Å². The fraction of sp³-hybridized carbons (Fsp3) is 0.467. The molecule has 0 radical (unpaired) electrons. The number of hydrogen-bond acceptors (Lipinski definition) is 3. The van der Waals surface area contributed by atoms with Gasteiger partial charge in [-0.25, -0.2) is 0 Å². The molecule has 0 atom stereocenters. The standard InChI is InChI=1S/C15H18Cl2N2O3/c16-10-3-6-13(12(17)8-10)22-7-1-2-14(20)18-9-15(21)19-11-4-5-11/h3,6,8,11H,1-2,4-5,7,9H2,(H,18,20)(H,19,21). The summed E-state index contributed by atoms with van der Waals surface area (Å²) in [6.07, 6.45) is 2.89. The Morgan fingerprint density at radius 2 is 2.00 bits per heavy atom. The summed E-state index contributed by atoms with van der Waals surface area (Å²) in [5.74, 6) is 0.229. The molecule has 1 aromatic carbocycles. The van der Waals surface area contributed by atoms with Gasteiger partial charge in [0, 0.05) is 17.5 Å². The van der Waals surface area contributed by atoms with Crippen LogP contribution in [0.15, 0.2) is 18.2 Å². The maximum atomic E-state index is 11.6. The van der Waals surface area contributed by atoms with Gasteiger partial charge in [-0.2, -0.15) is 0 Å². The van der Waals surface area contributed by atoms with E-state index < -0.39 is 0 Å². The minimum atomic E-state index is -0.170. The normalized spacial score (nSPS) is 13.5. The molecule has 2 amide bonds. The molecular weight excluding hydrogens is 327 g/mol. The number of hydrogen-bond donors (Lipinski definition) is 2. The summed E-state index contributed by atoms with van der Waals surface area (Å²) in [5, 5.41) is 6.37. The first-order valence-electron chi connectivity index (χ1n) is 7.18. The third kappa shape index (κ3) is 6.12. The second-order valence-corrected chi connectivity index (χ2v) is 5.99. The summed E-state index contributed by atoms with van der Waals surface area (Å²) in [7, 11) is 0. The number of amides is 2. The average molecular weight is 345 g/mol. The van der Waals surface area contributed by atoms with Crippen LogP contribution in [0.4, 0.5) is 0 Å². The SMILES string of the molecule is O=C(CCCOc1ccc(Cl)cc1Cl)NCC(=O)NC1CC1. The average Bonchev–Trinajstić information content (AvgIpc) is 3.27. The second-order valence-electron chi connectivity index (χ2n) is 5.15. The monoisotopic (exact) mass is 344 g/mol. The minimum absolute atomic E-state index is 0.0270. The molecule has 0 unspecified atom stereocenters. The number of halogens is 2. The van der Waals surface area contributed by atoms with E-state index in [1.54, 1.807) is 18.2 Å². The van der Waals surface area contributed by atoms with E-state index in [2.05, 4.69) is 10.6 Å². The Kier molecular flexibility index (Phi) is 6.34. The lowest BCUT2D eigenvalue weighted by Crippen LogP contribution is -2.37. The Morgan fingerprint density at radius 1 is 1.23 bits per heavy atom. The molecule has 0 bridgehead atoms. The Hall–Kier alpha value is -1.46. The fourth-order valence-electron chi connectivity index (χ4n) is 1.78. The van der Waals surface area contributed by atoms with Crippen molar-refractivity contribution >= 4 is 35.0 Å². The second kappa shape index (κ2) is 8.25. The molecule has 1 fully saturated rings. The summed E-state index contributed by atoms with van der Waals surface area (Å²) >= 11 is 11.8. The maximum absolute atomic E-state index is 11.6. The third-order valence-corrected chi connectivity index (χ3v) is 3.62. The van der Waals surface area contributed by atoms with Crippen LogP contribution in [-0.2, 0) is 9.59 Å². The fourth-order valence-corrected chi connectivity index (χ4v) is 2.24. The lowest BCUT2D eigenvalue weighted by Gasteiger charge is -2.08. The van der Waals surface area contributed by atoms with Gasteiger partial charge in [0.1, 0.15) is 5.75 Å². The molecule has 0 aliphatic heterocycles. The Bertz CT molecular complexity index is 548. The van der Waals surface area contributed by atoms with E-state index in [0.717, 1.165) is 12.8 Å². The highest BCUT2D eigenvalue weighted by molar-refractivity contribution is 6.35. The molecule has 5 nitrogen and oxygen atoms in total. The van der Waals surface area contributed by atoms with Crippen LogP contribution < -0.4 is 15.4 Å². The van der Waals surface area contributed by atoms with Gasteiger partial charge in [-0.15, -0.1) is 0 Å². The first-order valence-corrected chi connectivity index (χ1v) is 7.94. The molecule has 1 saturated carbocycles. The number of ether oxygens (including phenoxy) is 1. The largest absolute Gasteiger partial charge is 0.492 e. The van der Waals surface area contributed by atoms with Crippen molar-refractivity contribution in [3.05, 3.63) is 28.2 Å². The highest BCUT2D eigenvalue weighted by atomic mass is 35.5. The predicted molar refractivity (Wildman–Crippen MR) is 85.4 cm³/mol. The summed E-state index contributed by atoms with van der Waals surface area (Å²) in [6.45, 7) is 0.391. The summed E-state index contributed by atoms with van der Waals surface area (Å²) < 4.78 is 5.48. The van der Waals surface area contributed by atoms with Crippen LogP contribution >= 0.6 is 23.2 Å². The molecule has 1 aliphatic carbocycles. The molecule has 0 saturated heterocycles. The number of benzene rings is 1. The Balaban J connectivity index is 1.57. The summed E-state index contributed by atoms with van der Waals surface area (Å²) in [5.41, 5.74) is 0. The van der Waals surface area contributed by atoms with Gasteiger partial charge in [-0.05, 0) is 37.5 Å². The van der Waals surface area contributed by atoms with Gasteiger partial charge < -0.3 is 15.4 Å². The molecule has 1 aliphatic rings. The van der Waals surface area contributed by atoms with Crippen molar-refractivity contribution in [2.45, 2.75) is 31.7 Å². The Labute approximate surface area is 139 Å². The van der Waals surface area contributed by atoms with E-state index in [1.807, 2.05) is 0 Å². The molecule has 22 heavy (non-hydrogen) atoms. The van der Waals surface area contributed by atoms with E-state index in [1.165, 1.54) is 0 Å². The van der Waals surface area contributed by atoms with E-state index in [4.69, 9.17) is 27.9 Å². The predicted octanol–water partition coefficient (Wildman–Crippen LogP) is 2.55. The van der Waals surface area contributed by atoms with Gasteiger partial charge in [-0.1, -0.05) is 23.2 Å².